The lowest BCUT2D eigenvalue weighted by Crippen LogP contribution is -2.99. The highest BCUT2D eigenvalue weighted by molar-refractivity contribution is 5.92. The number of esters is 6. The third-order valence-electron chi connectivity index (χ3n) is 14.6. The third-order valence-corrected chi connectivity index (χ3v) is 14.6. The topological polar surface area (TPSA) is 259 Å². The Morgan fingerprint density at radius 3 is 2.20 bits per heavy atom. The van der Waals surface area contributed by atoms with Gasteiger partial charge in [-0.3, -0.25) is 24.0 Å². The number of rotatable bonds is 10. The molecule has 4 heterocycles. The van der Waals surface area contributed by atoms with Gasteiger partial charge in [-0.25, -0.2) is 4.79 Å². The number of aliphatic hydroxyl groups excluding tert-OH is 2. The molecule has 0 radical (unpaired) electrons. The maximum atomic E-state index is 14.9. The summed E-state index contributed by atoms with van der Waals surface area (Å²) in [6.45, 7) is 9.50. The summed E-state index contributed by atoms with van der Waals surface area (Å²) in [5.74, 6) is -11.5. The molecular weight excluding hydrogens is 784 g/mol. The Kier molecular flexibility index (Phi) is 8.72. The van der Waals surface area contributed by atoms with Crippen LogP contribution in [0.2, 0.25) is 0 Å². The van der Waals surface area contributed by atoms with Crippen molar-refractivity contribution in [3.8, 4) is 0 Å². The van der Waals surface area contributed by atoms with Crippen molar-refractivity contribution >= 4 is 35.8 Å². The van der Waals surface area contributed by atoms with E-state index in [1.807, 2.05) is 0 Å². The Bertz CT molecular complexity index is 2080. The van der Waals surface area contributed by atoms with E-state index in [2.05, 4.69) is 0 Å². The summed E-state index contributed by atoms with van der Waals surface area (Å²) < 4.78 is 62.1. The van der Waals surface area contributed by atoms with Crippen LogP contribution in [-0.4, -0.2) is 118 Å². The highest BCUT2D eigenvalue weighted by atomic mass is 16.9. The van der Waals surface area contributed by atoms with E-state index in [4.69, 9.17) is 47.0 Å². The van der Waals surface area contributed by atoms with Crippen molar-refractivity contribution in [1.82, 2.24) is 0 Å². The van der Waals surface area contributed by atoms with Crippen LogP contribution in [0, 0.1) is 28.1 Å². The summed E-state index contributed by atoms with van der Waals surface area (Å²) in [7, 11) is 1.14. The van der Waals surface area contributed by atoms with Gasteiger partial charge in [-0.2, -0.15) is 0 Å². The molecule has 3 N–H and O–H groups in total. The van der Waals surface area contributed by atoms with Crippen LogP contribution in [0.4, 0.5) is 0 Å². The molecule has 7 aliphatic rings. The molecule has 3 saturated heterocycles. The van der Waals surface area contributed by atoms with Crippen molar-refractivity contribution in [2.45, 2.75) is 134 Å². The van der Waals surface area contributed by atoms with Crippen molar-refractivity contribution in [1.29, 1.82) is 0 Å². The molecule has 322 valence electrons. The molecule has 4 saturated carbocycles. The van der Waals surface area contributed by atoms with E-state index in [9.17, 15) is 44.1 Å². The Labute approximate surface area is 337 Å². The zero-order valence-electron chi connectivity index (χ0n) is 34.0. The number of methoxy groups -OCH3 is 1. The monoisotopic (exact) mass is 832 g/mol. The first-order chi connectivity index (χ1) is 27.5. The van der Waals surface area contributed by atoms with E-state index in [0.717, 1.165) is 34.8 Å². The zero-order chi connectivity index (χ0) is 43.3. The van der Waals surface area contributed by atoms with E-state index in [0.29, 0.717) is 0 Å². The lowest BCUT2D eigenvalue weighted by atomic mass is 9.31. The second-order valence-electron chi connectivity index (χ2n) is 17.4. The summed E-state index contributed by atoms with van der Waals surface area (Å²) in [5.41, 5.74) is -16.3. The SMILES string of the molecule is CC/C(O)=C1/C(=O)O[C@@H]2[C@@]3(O)[C@@H](OC(C)=O)[C@@]4(C)C[C@]35OC3(C)O[C@]26[C@H]1[C@](C)([C@@H](OC(C)=O)c1ccoc1)[C@@H](OC(C)=O)[C@@H](O)[C@]6(O3)[C@]5(COC(C)=O)[C@H]4CC(=O)OC. The normalized spacial score (nSPS) is 46.7. The van der Waals surface area contributed by atoms with Gasteiger partial charge in [-0.1, -0.05) is 20.8 Å². The molecule has 19 heteroatoms. The first kappa shape index (κ1) is 41.2. The molecule has 1 aromatic heterocycles. The molecular formula is C40H48O19. The van der Waals surface area contributed by atoms with Crippen LogP contribution in [0.15, 0.2) is 34.3 Å². The minimum absolute atomic E-state index is 0.145. The number of aliphatic hydroxyl groups is 3. The Morgan fingerprint density at radius 2 is 1.64 bits per heavy atom. The third kappa shape index (κ3) is 4.44. The number of hydrogen-bond donors (Lipinski definition) is 3. The van der Waals surface area contributed by atoms with Crippen LogP contribution >= 0.6 is 0 Å². The van der Waals surface area contributed by atoms with Crippen molar-refractivity contribution < 1.29 is 91.1 Å². The molecule has 1 aromatic rings. The maximum Gasteiger partial charge on any atom is 0.338 e. The highest BCUT2D eigenvalue weighted by Gasteiger charge is 3.08. The van der Waals surface area contributed by atoms with Gasteiger partial charge in [-0.15, -0.1) is 0 Å². The second kappa shape index (κ2) is 12.5. The summed E-state index contributed by atoms with van der Waals surface area (Å²) >= 11 is 0. The summed E-state index contributed by atoms with van der Waals surface area (Å²) in [4.78, 5) is 81.4. The van der Waals surface area contributed by atoms with Gasteiger partial charge in [-0.05, 0) is 18.4 Å². The van der Waals surface area contributed by atoms with Gasteiger partial charge in [0, 0.05) is 64.4 Å². The van der Waals surface area contributed by atoms with E-state index in [-0.39, 0.29) is 18.4 Å². The summed E-state index contributed by atoms with van der Waals surface area (Å²) in [6, 6.07) is 1.44. The van der Waals surface area contributed by atoms with Crippen LogP contribution in [0.25, 0.3) is 0 Å². The zero-order valence-corrected chi connectivity index (χ0v) is 34.0. The number of carbonyl (C=O) groups excluding carboxylic acids is 6. The number of furan rings is 1. The Balaban J connectivity index is 1.60. The fourth-order valence-electron chi connectivity index (χ4n) is 13.4. The summed E-state index contributed by atoms with van der Waals surface area (Å²) in [6.07, 6.45) is -8.01. The molecule has 59 heavy (non-hydrogen) atoms. The van der Waals surface area contributed by atoms with Crippen LogP contribution in [-0.2, 0) is 71.4 Å². The molecule has 1 unspecified atom stereocenters. The van der Waals surface area contributed by atoms with Gasteiger partial charge < -0.3 is 62.4 Å². The molecule has 0 aromatic carbocycles. The number of hydrogen-bond acceptors (Lipinski definition) is 19. The van der Waals surface area contributed by atoms with Crippen molar-refractivity contribution in [2.75, 3.05) is 13.7 Å². The Morgan fingerprint density at radius 1 is 0.966 bits per heavy atom. The fourth-order valence-corrected chi connectivity index (χ4v) is 13.4. The lowest BCUT2D eigenvalue weighted by Gasteiger charge is -2.78. The van der Waals surface area contributed by atoms with E-state index in [1.54, 1.807) is 6.92 Å². The second-order valence-corrected chi connectivity index (χ2v) is 17.4. The molecule has 0 amide bonds. The summed E-state index contributed by atoms with van der Waals surface area (Å²) in [5, 5.41) is 39.6. The van der Waals surface area contributed by atoms with Gasteiger partial charge in [0.25, 0.3) is 5.97 Å². The van der Waals surface area contributed by atoms with E-state index >= 15 is 0 Å². The minimum Gasteiger partial charge on any atom is -0.512 e. The number of ether oxygens (including phenoxy) is 9. The van der Waals surface area contributed by atoms with Crippen LogP contribution in [0.1, 0.15) is 86.3 Å². The molecule has 3 aliphatic heterocycles. The number of fused-ring (bicyclic) bond motifs is 3. The van der Waals surface area contributed by atoms with Crippen LogP contribution in [0.5, 0.6) is 0 Å². The van der Waals surface area contributed by atoms with Gasteiger partial charge in [0.2, 0.25) is 0 Å². The highest BCUT2D eigenvalue weighted by Crippen LogP contribution is 2.90. The largest absolute Gasteiger partial charge is 0.512 e. The Hall–Kier alpha value is -4.56. The lowest BCUT2D eigenvalue weighted by molar-refractivity contribution is -0.497. The van der Waals surface area contributed by atoms with Gasteiger partial charge >= 0.3 is 35.8 Å². The van der Waals surface area contributed by atoms with Gasteiger partial charge in [0.05, 0.1) is 36.0 Å². The van der Waals surface area contributed by atoms with Gasteiger partial charge in [0.15, 0.2) is 17.3 Å². The average molecular weight is 833 g/mol. The fraction of sp³-hybridized carbons (Fsp3) is 0.700. The molecule has 7 fully saturated rings. The standard InChI is InChI=1S/C40H48O19/c1-10-22(45)25-26-34(7,28(53-18(3)42)21-11-12-51-14-21)29(54-19(4)43)27(47)40-36(16-52-17(2)41)23(13-24(46)50-9)33(6)15-37(36)38(49,31(33)55-20(5)44)32(56-30(25)48)39(26,40)58-35(8,57-37)59-40/h11-12,14,23,26-29,31-32,45,47,49H,10,13,15-16H2,1-9H3/b25-22-/t23-,26+,27+,28-,29-,31-,32+,33-,34+,35?,36+,37+,38-,39+,40-/m0/s1. The van der Waals surface area contributed by atoms with Crippen LogP contribution in [0.3, 0.4) is 0 Å². The first-order valence-corrected chi connectivity index (χ1v) is 19.4. The minimum atomic E-state index is -2.70. The first-order valence-electron chi connectivity index (χ1n) is 19.4. The smallest absolute Gasteiger partial charge is 0.338 e. The van der Waals surface area contributed by atoms with E-state index in [1.165, 1.54) is 39.4 Å². The van der Waals surface area contributed by atoms with Crippen molar-refractivity contribution in [3.63, 3.8) is 0 Å². The predicted octanol–water partition coefficient (Wildman–Crippen LogP) is 1.76. The maximum absolute atomic E-state index is 14.9. The van der Waals surface area contributed by atoms with Gasteiger partial charge in [0.1, 0.15) is 48.0 Å². The average Bonchev–Trinajstić information content (AvgIpc) is 3.85. The van der Waals surface area contributed by atoms with Crippen LogP contribution < -0.4 is 0 Å². The number of allylic oxidation sites excluding steroid dienone is 1. The molecule has 8 rings (SSSR count). The molecule has 19 nitrogen and oxygen atoms in total. The molecule has 4 bridgehead atoms. The molecule has 4 aliphatic carbocycles. The van der Waals surface area contributed by atoms with E-state index < -0.39 is 147 Å². The quantitative estimate of drug-likeness (QED) is 0.131. The molecule has 3 spiro atoms. The van der Waals surface area contributed by atoms with Crippen molar-refractivity contribution in [2.24, 2.45) is 28.1 Å². The molecule has 15 atom stereocenters. The van der Waals surface area contributed by atoms with Crippen molar-refractivity contribution in [3.05, 3.63) is 35.5 Å². The number of carbonyl (C=O) groups is 6. The predicted molar refractivity (Wildman–Crippen MR) is 188 cm³/mol.